The summed E-state index contributed by atoms with van der Waals surface area (Å²) in [6.07, 6.45) is 8.27. The predicted molar refractivity (Wildman–Crippen MR) is 71.6 cm³/mol. The standard InChI is InChI=1S/C17H16/c1-11-14-7-3-4-8-15(14)12(2)17-10-13(17)6-5-9-16(11)17/h3-9,13H,10H2,1-2H3. The van der Waals surface area contributed by atoms with Crippen molar-refractivity contribution < 1.29 is 0 Å². The molecule has 2 unspecified atom stereocenters. The van der Waals surface area contributed by atoms with Gasteiger partial charge in [-0.3, -0.25) is 0 Å². The quantitative estimate of drug-likeness (QED) is 0.630. The van der Waals surface area contributed by atoms with Crippen LogP contribution in [-0.2, 0) is 0 Å². The molecule has 17 heavy (non-hydrogen) atoms. The second kappa shape index (κ2) is 2.81. The van der Waals surface area contributed by atoms with Gasteiger partial charge in [0.2, 0.25) is 0 Å². The maximum absolute atomic E-state index is 2.38. The molecule has 0 amide bonds. The zero-order chi connectivity index (χ0) is 11.6. The molecule has 0 radical (unpaired) electrons. The highest BCUT2D eigenvalue weighted by molar-refractivity contribution is 5.81. The molecule has 3 aliphatic carbocycles. The van der Waals surface area contributed by atoms with Crippen molar-refractivity contribution in [2.45, 2.75) is 20.3 Å². The monoisotopic (exact) mass is 220 g/mol. The number of benzene rings is 1. The van der Waals surface area contributed by atoms with E-state index in [0.717, 1.165) is 5.92 Å². The van der Waals surface area contributed by atoms with Crippen LogP contribution in [0.1, 0.15) is 20.3 Å². The van der Waals surface area contributed by atoms with E-state index < -0.39 is 0 Å². The Kier molecular flexibility index (Phi) is 1.57. The second-order valence-electron chi connectivity index (χ2n) is 5.54. The van der Waals surface area contributed by atoms with Gasteiger partial charge in [0, 0.05) is 5.41 Å². The molecule has 0 bridgehead atoms. The van der Waals surface area contributed by atoms with Gasteiger partial charge in [0.1, 0.15) is 0 Å². The molecule has 2 atom stereocenters. The molecule has 0 heterocycles. The summed E-state index contributed by atoms with van der Waals surface area (Å²) in [5, 5.41) is 2.91. The first kappa shape index (κ1) is 9.47. The predicted octanol–water partition coefficient (Wildman–Crippen LogP) is 2.54. The molecule has 0 nitrogen and oxygen atoms in total. The zero-order valence-electron chi connectivity index (χ0n) is 10.3. The van der Waals surface area contributed by atoms with Crippen molar-refractivity contribution in [1.29, 1.82) is 0 Å². The molecular weight excluding hydrogens is 204 g/mol. The van der Waals surface area contributed by atoms with E-state index in [1.54, 1.807) is 11.1 Å². The van der Waals surface area contributed by atoms with Gasteiger partial charge < -0.3 is 0 Å². The van der Waals surface area contributed by atoms with Crippen molar-refractivity contribution in [2.24, 2.45) is 11.3 Å². The summed E-state index contributed by atoms with van der Waals surface area (Å²) in [5.74, 6) is 0.755. The van der Waals surface area contributed by atoms with Gasteiger partial charge in [-0.15, -0.1) is 0 Å². The van der Waals surface area contributed by atoms with Gasteiger partial charge >= 0.3 is 0 Å². The highest BCUT2D eigenvalue weighted by Crippen LogP contribution is 2.66. The lowest BCUT2D eigenvalue weighted by atomic mass is 9.75. The summed E-state index contributed by atoms with van der Waals surface area (Å²) >= 11 is 0. The summed E-state index contributed by atoms with van der Waals surface area (Å²) in [5.41, 5.74) is 5.01. The van der Waals surface area contributed by atoms with Crippen LogP contribution in [-0.4, -0.2) is 0 Å². The molecule has 0 aromatic heterocycles. The van der Waals surface area contributed by atoms with Gasteiger partial charge in [-0.2, -0.15) is 0 Å². The highest BCUT2D eigenvalue weighted by Gasteiger charge is 2.58. The second-order valence-corrected chi connectivity index (χ2v) is 5.54. The summed E-state index contributed by atoms with van der Waals surface area (Å²) in [4.78, 5) is 0. The van der Waals surface area contributed by atoms with Crippen LogP contribution in [0.4, 0.5) is 0 Å². The third-order valence-electron chi connectivity index (χ3n) is 4.91. The number of fused-ring (bicyclic) bond motifs is 1. The van der Waals surface area contributed by atoms with E-state index in [4.69, 9.17) is 0 Å². The molecule has 0 N–H and O–H groups in total. The molecule has 0 saturated heterocycles. The lowest BCUT2D eigenvalue weighted by Crippen LogP contribution is -2.37. The van der Waals surface area contributed by atoms with Crippen molar-refractivity contribution in [3.8, 4) is 0 Å². The average molecular weight is 220 g/mol. The maximum atomic E-state index is 2.38. The van der Waals surface area contributed by atoms with E-state index in [1.807, 2.05) is 0 Å². The Morgan fingerprint density at radius 1 is 1.12 bits per heavy atom. The van der Waals surface area contributed by atoms with Gasteiger partial charge in [-0.1, -0.05) is 48.1 Å². The fourth-order valence-corrected chi connectivity index (χ4v) is 3.88. The van der Waals surface area contributed by atoms with E-state index in [2.05, 4.69) is 56.3 Å². The van der Waals surface area contributed by atoms with Gasteiger partial charge in [0.15, 0.2) is 0 Å². The van der Waals surface area contributed by atoms with Crippen LogP contribution in [0.15, 0.2) is 48.1 Å². The minimum absolute atomic E-state index is 0.368. The zero-order valence-corrected chi connectivity index (χ0v) is 10.3. The third-order valence-corrected chi connectivity index (χ3v) is 4.91. The summed E-state index contributed by atoms with van der Waals surface area (Å²) in [6.45, 7) is 4.62. The molecule has 84 valence electrons. The van der Waals surface area contributed by atoms with Crippen molar-refractivity contribution in [3.63, 3.8) is 0 Å². The molecule has 1 spiro atoms. The van der Waals surface area contributed by atoms with Crippen LogP contribution < -0.4 is 10.4 Å². The van der Waals surface area contributed by atoms with Crippen molar-refractivity contribution in [1.82, 2.24) is 0 Å². The van der Waals surface area contributed by atoms with Crippen LogP contribution >= 0.6 is 0 Å². The van der Waals surface area contributed by atoms with Gasteiger partial charge in [-0.25, -0.2) is 0 Å². The third kappa shape index (κ3) is 0.952. The van der Waals surface area contributed by atoms with Gasteiger partial charge in [0.05, 0.1) is 0 Å². The Hall–Kier alpha value is -1.56. The summed E-state index contributed by atoms with van der Waals surface area (Å²) < 4.78 is 0. The SMILES string of the molecule is CC1=c2ccccc2=C(C)C23CC2C=CC=C13. The van der Waals surface area contributed by atoms with Crippen LogP contribution in [0, 0.1) is 11.3 Å². The molecule has 1 aromatic rings. The van der Waals surface area contributed by atoms with Crippen molar-refractivity contribution >= 4 is 11.1 Å². The molecule has 3 aliphatic rings. The number of rotatable bonds is 0. The Balaban J connectivity index is 2.22. The number of hydrogen-bond donors (Lipinski definition) is 0. The van der Waals surface area contributed by atoms with E-state index in [0.29, 0.717) is 5.41 Å². The molecule has 0 heteroatoms. The first-order valence-corrected chi connectivity index (χ1v) is 6.42. The van der Waals surface area contributed by atoms with E-state index >= 15 is 0 Å². The fraction of sp³-hybridized carbons (Fsp3) is 0.294. The molecule has 0 aliphatic heterocycles. The van der Waals surface area contributed by atoms with E-state index in [9.17, 15) is 0 Å². The maximum Gasteiger partial charge on any atom is 0.0240 e. The molecule has 4 rings (SSSR count). The number of hydrogen-bond acceptors (Lipinski definition) is 0. The smallest absolute Gasteiger partial charge is 0.0240 e. The molecular formula is C17H16. The Bertz CT molecular complexity index is 700. The largest absolute Gasteiger partial charge is 0.0801 e. The van der Waals surface area contributed by atoms with Crippen LogP contribution in [0.5, 0.6) is 0 Å². The summed E-state index contributed by atoms with van der Waals surface area (Å²) in [6, 6.07) is 8.86. The minimum atomic E-state index is 0.368. The molecule has 1 aromatic carbocycles. The van der Waals surface area contributed by atoms with Crippen molar-refractivity contribution in [3.05, 3.63) is 58.5 Å². The number of allylic oxidation sites excluding steroid dienone is 4. The van der Waals surface area contributed by atoms with E-state index in [-0.39, 0.29) is 0 Å². The van der Waals surface area contributed by atoms with E-state index in [1.165, 1.54) is 22.4 Å². The Morgan fingerprint density at radius 3 is 2.71 bits per heavy atom. The van der Waals surface area contributed by atoms with Crippen LogP contribution in [0.25, 0.3) is 11.1 Å². The topological polar surface area (TPSA) is 0 Å². The average Bonchev–Trinajstić information content (AvgIpc) is 3.11. The fourth-order valence-electron chi connectivity index (χ4n) is 3.88. The lowest BCUT2D eigenvalue weighted by molar-refractivity contribution is 0.750. The molecule has 1 fully saturated rings. The highest BCUT2D eigenvalue weighted by atomic mass is 14.6. The van der Waals surface area contributed by atoms with Crippen LogP contribution in [0.3, 0.4) is 0 Å². The normalized spacial score (nSPS) is 32.6. The Labute approximate surface area is 102 Å². The van der Waals surface area contributed by atoms with Crippen molar-refractivity contribution in [2.75, 3.05) is 0 Å². The first-order valence-electron chi connectivity index (χ1n) is 6.42. The summed E-state index contributed by atoms with van der Waals surface area (Å²) in [7, 11) is 0. The van der Waals surface area contributed by atoms with Gasteiger partial charge in [0.25, 0.3) is 0 Å². The molecule has 1 saturated carbocycles. The van der Waals surface area contributed by atoms with Crippen LogP contribution in [0.2, 0.25) is 0 Å². The first-order chi connectivity index (χ1) is 8.25. The minimum Gasteiger partial charge on any atom is -0.0801 e. The Morgan fingerprint density at radius 2 is 1.88 bits per heavy atom. The van der Waals surface area contributed by atoms with Gasteiger partial charge in [-0.05, 0) is 47.8 Å². The lowest BCUT2D eigenvalue weighted by Gasteiger charge is -2.28.